The van der Waals surface area contributed by atoms with E-state index in [4.69, 9.17) is 0 Å². The highest BCUT2D eigenvalue weighted by molar-refractivity contribution is 5.97. The van der Waals surface area contributed by atoms with E-state index in [1.807, 2.05) is 0 Å². The van der Waals surface area contributed by atoms with Crippen LogP contribution in [0, 0.1) is 0 Å². The summed E-state index contributed by atoms with van der Waals surface area (Å²) in [6.07, 6.45) is 4.18. The molecule has 0 unspecified atom stereocenters. The molecule has 0 saturated heterocycles. The lowest BCUT2D eigenvalue weighted by Gasteiger charge is -2.12. The number of nitrogens with one attached hydrogen (secondary N) is 3. The van der Waals surface area contributed by atoms with Crippen LogP contribution in [-0.2, 0) is 4.79 Å². The molecule has 0 heterocycles. The Balaban J connectivity index is 1.76. The molecule has 0 aliphatic heterocycles. The summed E-state index contributed by atoms with van der Waals surface area (Å²) in [6, 6.07) is 6.61. The topological polar surface area (TPSA) is 87.3 Å². The van der Waals surface area contributed by atoms with Crippen LogP contribution < -0.4 is 16.0 Å². The second-order valence-corrected chi connectivity index (χ2v) is 5.49. The molecule has 1 aromatic rings. The molecule has 3 N–H and O–H groups in total. The third-order valence-corrected chi connectivity index (χ3v) is 3.67. The normalized spacial score (nSPS) is 14.4. The fourth-order valence-electron chi connectivity index (χ4n) is 2.49. The number of Topliss-reactive ketones (excluding diaryl/α,β-unsaturated/α-hetero) is 1. The maximum atomic E-state index is 11.7. The number of hydrogen-bond donors (Lipinski definition) is 3. The van der Waals surface area contributed by atoms with Crippen molar-refractivity contribution in [2.24, 2.45) is 0 Å². The molecule has 6 nitrogen and oxygen atoms in total. The van der Waals surface area contributed by atoms with E-state index in [2.05, 4.69) is 16.0 Å². The van der Waals surface area contributed by atoms with Gasteiger partial charge in [0.1, 0.15) is 0 Å². The SMILES string of the molecule is CC(=O)c1cccc(NCC(=O)NC(=O)NC2CCCC2)c1. The maximum Gasteiger partial charge on any atom is 0.321 e. The quantitative estimate of drug-likeness (QED) is 0.727. The van der Waals surface area contributed by atoms with Gasteiger partial charge in [0, 0.05) is 17.3 Å². The summed E-state index contributed by atoms with van der Waals surface area (Å²) in [4.78, 5) is 34.7. The Bertz CT molecular complexity index is 566. The molecule has 118 valence electrons. The number of hydrogen-bond acceptors (Lipinski definition) is 4. The number of anilines is 1. The number of urea groups is 1. The average Bonchev–Trinajstić information content (AvgIpc) is 2.98. The van der Waals surface area contributed by atoms with E-state index < -0.39 is 11.9 Å². The van der Waals surface area contributed by atoms with E-state index in [0.29, 0.717) is 11.3 Å². The summed E-state index contributed by atoms with van der Waals surface area (Å²) in [6.45, 7) is 1.46. The van der Waals surface area contributed by atoms with Gasteiger partial charge in [-0.3, -0.25) is 14.9 Å². The van der Waals surface area contributed by atoms with Crippen molar-refractivity contribution in [3.63, 3.8) is 0 Å². The Kier molecular flexibility index (Phi) is 5.52. The van der Waals surface area contributed by atoms with E-state index in [1.165, 1.54) is 6.92 Å². The highest BCUT2D eigenvalue weighted by Gasteiger charge is 2.18. The molecule has 22 heavy (non-hydrogen) atoms. The van der Waals surface area contributed by atoms with Crippen molar-refractivity contribution < 1.29 is 14.4 Å². The molecular weight excluding hydrogens is 282 g/mol. The molecule has 0 spiro atoms. The van der Waals surface area contributed by atoms with Gasteiger partial charge in [-0.1, -0.05) is 25.0 Å². The van der Waals surface area contributed by atoms with Crippen LogP contribution >= 0.6 is 0 Å². The standard InChI is InChI=1S/C16H21N3O3/c1-11(20)12-5-4-8-14(9-12)17-10-15(21)19-16(22)18-13-6-2-3-7-13/h4-5,8-9,13,17H,2-3,6-7,10H2,1H3,(H2,18,19,21,22). The minimum Gasteiger partial charge on any atom is -0.376 e. The number of rotatable bonds is 5. The molecule has 0 aromatic heterocycles. The zero-order chi connectivity index (χ0) is 15.9. The first-order valence-corrected chi connectivity index (χ1v) is 7.50. The number of amides is 3. The molecule has 1 saturated carbocycles. The van der Waals surface area contributed by atoms with E-state index >= 15 is 0 Å². The summed E-state index contributed by atoms with van der Waals surface area (Å²) in [5.41, 5.74) is 1.24. The number of carbonyl (C=O) groups excluding carboxylic acids is 3. The van der Waals surface area contributed by atoms with E-state index in [9.17, 15) is 14.4 Å². The number of imide groups is 1. The van der Waals surface area contributed by atoms with Crippen molar-refractivity contribution in [2.75, 3.05) is 11.9 Å². The summed E-state index contributed by atoms with van der Waals surface area (Å²) in [7, 11) is 0. The summed E-state index contributed by atoms with van der Waals surface area (Å²) in [5.74, 6) is -0.451. The Morgan fingerprint density at radius 2 is 1.91 bits per heavy atom. The van der Waals surface area contributed by atoms with Crippen LogP contribution in [0.2, 0.25) is 0 Å². The Labute approximate surface area is 129 Å². The maximum absolute atomic E-state index is 11.7. The number of ketones is 1. The molecule has 6 heteroatoms. The molecule has 0 atom stereocenters. The lowest BCUT2D eigenvalue weighted by Crippen LogP contribution is -2.45. The smallest absolute Gasteiger partial charge is 0.321 e. The van der Waals surface area contributed by atoms with Crippen LogP contribution in [0.25, 0.3) is 0 Å². The van der Waals surface area contributed by atoms with Crippen molar-refractivity contribution >= 4 is 23.4 Å². The van der Waals surface area contributed by atoms with Gasteiger partial charge >= 0.3 is 6.03 Å². The van der Waals surface area contributed by atoms with Crippen molar-refractivity contribution in [2.45, 2.75) is 38.6 Å². The minimum atomic E-state index is -0.448. The van der Waals surface area contributed by atoms with Gasteiger partial charge in [0.05, 0.1) is 6.54 Å². The molecule has 0 bridgehead atoms. The van der Waals surface area contributed by atoms with Gasteiger partial charge in [-0.25, -0.2) is 4.79 Å². The van der Waals surface area contributed by atoms with Crippen LogP contribution in [0.1, 0.15) is 43.0 Å². The predicted molar refractivity (Wildman–Crippen MR) is 83.9 cm³/mol. The largest absolute Gasteiger partial charge is 0.376 e. The zero-order valence-electron chi connectivity index (χ0n) is 12.6. The van der Waals surface area contributed by atoms with Crippen LogP contribution in [0.15, 0.2) is 24.3 Å². The van der Waals surface area contributed by atoms with Crippen LogP contribution in [0.3, 0.4) is 0 Å². The van der Waals surface area contributed by atoms with Crippen molar-refractivity contribution in [3.05, 3.63) is 29.8 Å². The molecule has 1 aliphatic rings. The molecule has 1 aliphatic carbocycles. The summed E-state index contributed by atoms with van der Waals surface area (Å²) in [5, 5.41) is 7.98. The third kappa shape index (κ3) is 4.87. The fourth-order valence-corrected chi connectivity index (χ4v) is 2.49. The third-order valence-electron chi connectivity index (χ3n) is 3.67. The van der Waals surface area contributed by atoms with Crippen molar-refractivity contribution in [3.8, 4) is 0 Å². The van der Waals surface area contributed by atoms with E-state index in [-0.39, 0.29) is 18.4 Å². The summed E-state index contributed by atoms with van der Waals surface area (Å²) < 4.78 is 0. The lowest BCUT2D eigenvalue weighted by atomic mass is 10.1. The second-order valence-electron chi connectivity index (χ2n) is 5.49. The van der Waals surface area contributed by atoms with E-state index in [0.717, 1.165) is 25.7 Å². The molecule has 1 aromatic carbocycles. The van der Waals surface area contributed by atoms with Crippen LogP contribution in [-0.4, -0.2) is 30.3 Å². The van der Waals surface area contributed by atoms with Gasteiger partial charge in [0.25, 0.3) is 0 Å². The first-order chi connectivity index (χ1) is 10.5. The molecule has 1 fully saturated rings. The van der Waals surface area contributed by atoms with E-state index in [1.54, 1.807) is 24.3 Å². The first-order valence-electron chi connectivity index (χ1n) is 7.50. The molecule has 2 rings (SSSR count). The molecular formula is C16H21N3O3. The Morgan fingerprint density at radius 3 is 2.59 bits per heavy atom. The highest BCUT2D eigenvalue weighted by atomic mass is 16.2. The van der Waals surface area contributed by atoms with Gasteiger partial charge in [-0.2, -0.15) is 0 Å². The molecule has 3 amide bonds. The van der Waals surface area contributed by atoms with Gasteiger partial charge < -0.3 is 10.6 Å². The lowest BCUT2D eigenvalue weighted by molar-refractivity contribution is -0.118. The van der Waals surface area contributed by atoms with Gasteiger partial charge in [0.2, 0.25) is 5.91 Å². The number of benzene rings is 1. The van der Waals surface area contributed by atoms with Crippen molar-refractivity contribution in [1.29, 1.82) is 0 Å². The Hall–Kier alpha value is -2.37. The number of carbonyl (C=O) groups is 3. The van der Waals surface area contributed by atoms with Gasteiger partial charge in [0.15, 0.2) is 5.78 Å². The average molecular weight is 303 g/mol. The minimum absolute atomic E-state index is 0.0283. The van der Waals surface area contributed by atoms with Crippen LogP contribution in [0.4, 0.5) is 10.5 Å². The second kappa shape index (κ2) is 7.59. The fraction of sp³-hybridized carbons (Fsp3) is 0.438. The highest BCUT2D eigenvalue weighted by Crippen LogP contribution is 2.17. The monoisotopic (exact) mass is 303 g/mol. The molecule has 0 radical (unpaired) electrons. The summed E-state index contributed by atoms with van der Waals surface area (Å²) >= 11 is 0. The van der Waals surface area contributed by atoms with Gasteiger partial charge in [-0.15, -0.1) is 0 Å². The van der Waals surface area contributed by atoms with Crippen molar-refractivity contribution in [1.82, 2.24) is 10.6 Å². The zero-order valence-corrected chi connectivity index (χ0v) is 12.6. The first kappa shape index (κ1) is 16.0. The Morgan fingerprint density at radius 1 is 1.18 bits per heavy atom. The van der Waals surface area contributed by atoms with Crippen LogP contribution in [0.5, 0.6) is 0 Å². The van der Waals surface area contributed by atoms with Gasteiger partial charge in [-0.05, 0) is 31.9 Å². The predicted octanol–water partition coefficient (Wildman–Crippen LogP) is 2.07.